The molecule has 5 aromatic rings. The SMILES string of the molecule is Cc1nn(-c2cccc(Cl)c2)c2sc(C(=O)NCc3nnc4ccccn34)cc12. The predicted molar refractivity (Wildman–Crippen MR) is 113 cm³/mol. The lowest BCUT2D eigenvalue weighted by molar-refractivity contribution is 0.0954. The maximum atomic E-state index is 12.7. The molecule has 0 bridgehead atoms. The molecule has 0 unspecified atom stereocenters. The molecule has 5 rings (SSSR count). The Kier molecular flexibility index (Phi) is 4.30. The van der Waals surface area contributed by atoms with Gasteiger partial charge in [-0.15, -0.1) is 21.5 Å². The first-order chi connectivity index (χ1) is 14.1. The van der Waals surface area contributed by atoms with Crippen molar-refractivity contribution in [3.05, 3.63) is 76.1 Å². The van der Waals surface area contributed by atoms with E-state index in [1.54, 1.807) is 0 Å². The Morgan fingerprint density at radius 3 is 2.93 bits per heavy atom. The van der Waals surface area contributed by atoms with Gasteiger partial charge >= 0.3 is 0 Å². The molecule has 7 nitrogen and oxygen atoms in total. The van der Waals surface area contributed by atoms with Gasteiger partial charge in [0, 0.05) is 16.6 Å². The zero-order valence-corrected chi connectivity index (χ0v) is 16.9. The van der Waals surface area contributed by atoms with Crippen LogP contribution in [0.5, 0.6) is 0 Å². The second-order valence-electron chi connectivity index (χ2n) is 6.53. The third-order valence-corrected chi connectivity index (χ3v) is 5.96. The number of nitrogens with one attached hydrogen (secondary N) is 1. The van der Waals surface area contributed by atoms with E-state index < -0.39 is 0 Å². The van der Waals surface area contributed by atoms with Gasteiger partial charge in [0.1, 0.15) is 4.83 Å². The lowest BCUT2D eigenvalue weighted by atomic mass is 10.3. The second kappa shape index (κ2) is 6.98. The van der Waals surface area contributed by atoms with Gasteiger partial charge in [-0.05, 0) is 43.3 Å². The molecule has 29 heavy (non-hydrogen) atoms. The van der Waals surface area contributed by atoms with Crippen molar-refractivity contribution in [3.8, 4) is 5.69 Å². The van der Waals surface area contributed by atoms with Crippen molar-refractivity contribution in [1.29, 1.82) is 0 Å². The fourth-order valence-corrected chi connectivity index (χ4v) is 4.48. The Bertz CT molecular complexity index is 1370. The van der Waals surface area contributed by atoms with Crippen LogP contribution in [-0.2, 0) is 6.54 Å². The molecular weight excluding hydrogens is 408 g/mol. The monoisotopic (exact) mass is 422 g/mol. The highest BCUT2D eigenvalue weighted by Gasteiger charge is 2.18. The number of pyridine rings is 1. The molecule has 1 N–H and O–H groups in total. The molecule has 0 spiro atoms. The summed E-state index contributed by atoms with van der Waals surface area (Å²) in [7, 11) is 0. The van der Waals surface area contributed by atoms with Crippen molar-refractivity contribution in [2.45, 2.75) is 13.5 Å². The Balaban J connectivity index is 1.43. The molecule has 0 aliphatic carbocycles. The number of hydrogen-bond donors (Lipinski definition) is 1. The Hall–Kier alpha value is -3.23. The lowest BCUT2D eigenvalue weighted by Gasteiger charge is -2.03. The number of carbonyl (C=O) groups is 1. The number of aromatic nitrogens is 5. The van der Waals surface area contributed by atoms with E-state index in [0.717, 1.165) is 27.2 Å². The van der Waals surface area contributed by atoms with Crippen LogP contribution >= 0.6 is 22.9 Å². The number of hydrogen-bond acceptors (Lipinski definition) is 5. The highest BCUT2D eigenvalue weighted by atomic mass is 35.5. The van der Waals surface area contributed by atoms with Crippen LogP contribution < -0.4 is 5.32 Å². The van der Waals surface area contributed by atoms with Crippen LogP contribution in [0.2, 0.25) is 5.02 Å². The molecule has 9 heteroatoms. The largest absolute Gasteiger partial charge is 0.344 e. The van der Waals surface area contributed by atoms with Gasteiger partial charge in [-0.3, -0.25) is 9.20 Å². The van der Waals surface area contributed by atoms with Gasteiger partial charge < -0.3 is 5.32 Å². The average molecular weight is 423 g/mol. The van der Waals surface area contributed by atoms with E-state index >= 15 is 0 Å². The van der Waals surface area contributed by atoms with Crippen molar-refractivity contribution < 1.29 is 4.79 Å². The fraction of sp³-hybridized carbons (Fsp3) is 0.100. The number of aryl methyl sites for hydroxylation is 1. The van der Waals surface area contributed by atoms with Crippen molar-refractivity contribution in [2.24, 2.45) is 0 Å². The standard InChI is InChI=1S/C20H15ClN6OS/c1-12-15-10-16(29-20(15)27(25-12)14-6-4-5-13(21)9-14)19(28)22-11-18-24-23-17-7-2-3-8-26(17)18/h2-10H,11H2,1H3,(H,22,28). The fourth-order valence-electron chi connectivity index (χ4n) is 3.20. The van der Waals surface area contributed by atoms with E-state index in [1.165, 1.54) is 11.3 Å². The van der Waals surface area contributed by atoms with E-state index in [9.17, 15) is 4.79 Å². The molecule has 0 saturated carbocycles. The van der Waals surface area contributed by atoms with Crippen molar-refractivity contribution in [2.75, 3.05) is 0 Å². The van der Waals surface area contributed by atoms with E-state index in [4.69, 9.17) is 11.6 Å². The van der Waals surface area contributed by atoms with E-state index in [2.05, 4.69) is 20.6 Å². The average Bonchev–Trinajstić information content (AvgIpc) is 3.41. The number of benzene rings is 1. The molecule has 0 aliphatic heterocycles. The molecule has 4 aromatic heterocycles. The van der Waals surface area contributed by atoms with Crippen LogP contribution in [0.25, 0.3) is 21.6 Å². The van der Waals surface area contributed by atoms with Gasteiger partial charge in [0.25, 0.3) is 5.91 Å². The highest BCUT2D eigenvalue weighted by molar-refractivity contribution is 7.20. The van der Waals surface area contributed by atoms with Gasteiger partial charge in [-0.25, -0.2) is 4.68 Å². The summed E-state index contributed by atoms with van der Waals surface area (Å²) in [4.78, 5) is 14.3. The van der Waals surface area contributed by atoms with E-state index in [-0.39, 0.29) is 12.5 Å². The number of thiophene rings is 1. The highest BCUT2D eigenvalue weighted by Crippen LogP contribution is 2.31. The molecule has 0 fully saturated rings. The molecule has 4 heterocycles. The number of fused-ring (bicyclic) bond motifs is 2. The van der Waals surface area contributed by atoms with Crippen LogP contribution in [0.3, 0.4) is 0 Å². The van der Waals surface area contributed by atoms with Gasteiger partial charge in [0.15, 0.2) is 11.5 Å². The maximum absolute atomic E-state index is 12.7. The predicted octanol–water partition coefficient (Wildman–Crippen LogP) is 4.02. The number of nitrogens with zero attached hydrogens (tertiary/aromatic N) is 5. The second-order valence-corrected chi connectivity index (χ2v) is 8.00. The van der Waals surface area contributed by atoms with Crippen LogP contribution in [0.15, 0.2) is 54.7 Å². The zero-order valence-electron chi connectivity index (χ0n) is 15.3. The lowest BCUT2D eigenvalue weighted by Crippen LogP contribution is -2.23. The van der Waals surface area contributed by atoms with Gasteiger partial charge in [-0.2, -0.15) is 5.10 Å². The Morgan fingerprint density at radius 2 is 2.07 bits per heavy atom. The third-order valence-electron chi connectivity index (χ3n) is 4.61. The summed E-state index contributed by atoms with van der Waals surface area (Å²) >= 11 is 7.52. The number of halogens is 1. The molecule has 1 aromatic carbocycles. The molecule has 1 amide bonds. The smallest absolute Gasteiger partial charge is 0.261 e. The summed E-state index contributed by atoms with van der Waals surface area (Å²) in [5.41, 5.74) is 2.47. The molecule has 144 valence electrons. The first-order valence-corrected chi connectivity index (χ1v) is 10.1. The zero-order chi connectivity index (χ0) is 20.0. The quantitative estimate of drug-likeness (QED) is 0.474. The van der Waals surface area contributed by atoms with Crippen molar-refractivity contribution >= 4 is 44.7 Å². The normalized spacial score (nSPS) is 11.4. The number of rotatable bonds is 4. The first-order valence-electron chi connectivity index (χ1n) is 8.92. The van der Waals surface area contributed by atoms with E-state index in [1.807, 2.05) is 70.7 Å². The van der Waals surface area contributed by atoms with Gasteiger partial charge in [-0.1, -0.05) is 23.7 Å². The van der Waals surface area contributed by atoms with Crippen LogP contribution in [0.4, 0.5) is 0 Å². The van der Waals surface area contributed by atoms with E-state index in [0.29, 0.717) is 15.7 Å². The minimum absolute atomic E-state index is 0.157. The summed E-state index contributed by atoms with van der Waals surface area (Å²) in [5, 5.41) is 17.4. The maximum Gasteiger partial charge on any atom is 0.261 e. The Labute approximate surface area is 174 Å². The van der Waals surface area contributed by atoms with Crippen LogP contribution in [-0.4, -0.2) is 30.3 Å². The first kappa shape index (κ1) is 17.8. The molecular formula is C20H15ClN6OS. The van der Waals surface area contributed by atoms with Crippen LogP contribution in [0, 0.1) is 6.92 Å². The number of amides is 1. The third kappa shape index (κ3) is 3.16. The molecule has 0 atom stereocenters. The van der Waals surface area contributed by atoms with Gasteiger partial charge in [0.05, 0.1) is 22.8 Å². The van der Waals surface area contributed by atoms with Crippen molar-refractivity contribution in [3.63, 3.8) is 0 Å². The summed E-state index contributed by atoms with van der Waals surface area (Å²) in [6.45, 7) is 2.22. The molecule has 0 saturated heterocycles. The van der Waals surface area contributed by atoms with Gasteiger partial charge in [0.2, 0.25) is 0 Å². The summed E-state index contributed by atoms with van der Waals surface area (Å²) in [6.07, 6.45) is 1.87. The topological polar surface area (TPSA) is 77.1 Å². The summed E-state index contributed by atoms with van der Waals surface area (Å²) in [6, 6.07) is 15.0. The molecule has 0 aliphatic rings. The molecule has 0 radical (unpaired) electrons. The minimum atomic E-state index is -0.157. The van der Waals surface area contributed by atoms with Crippen molar-refractivity contribution in [1.82, 2.24) is 29.7 Å². The van der Waals surface area contributed by atoms with Crippen LogP contribution in [0.1, 0.15) is 21.2 Å². The Morgan fingerprint density at radius 1 is 1.17 bits per heavy atom. The summed E-state index contributed by atoms with van der Waals surface area (Å²) < 4.78 is 3.68. The minimum Gasteiger partial charge on any atom is -0.344 e. The number of carbonyl (C=O) groups excluding carboxylic acids is 1. The summed E-state index contributed by atoms with van der Waals surface area (Å²) in [5.74, 6) is 0.521.